The Hall–Kier alpha value is -1.44. The highest BCUT2D eigenvalue weighted by Gasteiger charge is 2.36. The van der Waals surface area contributed by atoms with Crippen LogP contribution in [0.3, 0.4) is 0 Å². The van der Waals surface area contributed by atoms with Gasteiger partial charge in [-0.25, -0.2) is 0 Å². The number of nitrogens with zero attached hydrogens (tertiary/aromatic N) is 4. The fourth-order valence-corrected chi connectivity index (χ4v) is 4.08. The van der Waals surface area contributed by atoms with E-state index in [9.17, 15) is 4.79 Å². The molecule has 0 spiro atoms. The molecule has 7 heteroatoms. The minimum Gasteiger partial charge on any atom is -0.375 e. The largest absolute Gasteiger partial charge is 0.375 e. The van der Waals surface area contributed by atoms with Gasteiger partial charge in [0.25, 0.3) is 5.91 Å². The molecule has 0 bridgehead atoms. The number of aromatic nitrogens is 1. The third-order valence-electron chi connectivity index (χ3n) is 5.84. The third kappa shape index (κ3) is 3.94. The molecule has 1 aromatic heterocycles. The van der Waals surface area contributed by atoms with Crippen LogP contribution in [0.4, 0.5) is 0 Å². The molecule has 0 N–H and O–H groups in total. The first kappa shape index (κ1) is 17.9. The van der Waals surface area contributed by atoms with Crippen molar-refractivity contribution in [3.05, 3.63) is 17.5 Å². The van der Waals surface area contributed by atoms with E-state index in [-0.39, 0.29) is 12.0 Å². The first-order valence-electron chi connectivity index (χ1n) is 9.88. The summed E-state index contributed by atoms with van der Waals surface area (Å²) in [6.07, 6.45) is 4.37. The molecule has 4 rings (SSSR count). The number of hydrogen-bond acceptors (Lipinski definition) is 6. The highest BCUT2D eigenvalue weighted by atomic mass is 16.5. The Morgan fingerprint density at radius 2 is 2.04 bits per heavy atom. The van der Waals surface area contributed by atoms with Gasteiger partial charge >= 0.3 is 0 Å². The van der Waals surface area contributed by atoms with Gasteiger partial charge in [-0.1, -0.05) is 5.16 Å². The fourth-order valence-electron chi connectivity index (χ4n) is 4.08. The first-order chi connectivity index (χ1) is 12.6. The highest BCUT2D eigenvalue weighted by Crippen LogP contribution is 2.40. The van der Waals surface area contributed by atoms with E-state index in [2.05, 4.69) is 29.1 Å². The summed E-state index contributed by atoms with van der Waals surface area (Å²) in [6.45, 7) is 5.36. The number of likely N-dealkylation sites (N-methyl/N-ethyl adjacent to an activating group) is 1. The van der Waals surface area contributed by atoms with Crippen molar-refractivity contribution in [2.45, 2.75) is 43.7 Å². The second-order valence-electron chi connectivity index (χ2n) is 8.07. The van der Waals surface area contributed by atoms with Gasteiger partial charge in [0.1, 0.15) is 5.76 Å². The second kappa shape index (κ2) is 7.66. The molecule has 1 aromatic rings. The lowest BCUT2D eigenvalue weighted by Gasteiger charge is -2.40. The van der Waals surface area contributed by atoms with Crippen LogP contribution < -0.4 is 0 Å². The summed E-state index contributed by atoms with van der Waals surface area (Å²) in [5, 5.41) is 4.02. The zero-order valence-electron chi connectivity index (χ0n) is 15.9. The number of likely N-dealkylation sites (tertiary alicyclic amines) is 1. The lowest BCUT2D eigenvalue weighted by Crippen LogP contribution is -2.52. The van der Waals surface area contributed by atoms with Gasteiger partial charge in [0.15, 0.2) is 5.69 Å². The number of morpholine rings is 1. The molecule has 2 atom stereocenters. The van der Waals surface area contributed by atoms with E-state index in [1.807, 2.05) is 11.0 Å². The van der Waals surface area contributed by atoms with E-state index in [1.165, 1.54) is 0 Å². The predicted molar refractivity (Wildman–Crippen MR) is 97.3 cm³/mol. The lowest BCUT2D eigenvalue weighted by molar-refractivity contribution is -0.0724. The van der Waals surface area contributed by atoms with Crippen LogP contribution in [0, 0.1) is 0 Å². The van der Waals surface area contributed by atoms with Crippen molar-refractivity contribution in [1.82, 2.24) is 19.9 Å². The van der Waals surface area contributed by atoms with E-state index in [1.54, 1.807) is 0 Å². The number of rotatable bonds is 5. The summed E-state index contributed by atoms with van der Waals surface area (Å²) >= 11 is 0. The molecule has 3 heterocycles. The summed E-state index contributed by atoms with van der Waals surface area (Å²) in [5.41, 5.74) is 0.460. The van der Waals surface area contributed by atoms with Gasteiger partial charge in [-0.05, 0) is 39.8 Å². The Morgan fingerprint density at radius 1 is 1.23 bits per heavy atom. The summed E-state index contributed by atoms with van der Waals surface area (Å²) < 4.78 is 11.4. The Labute approximate surface area is 155 Å². The second-order valence-corrected chi connectivity index (χ2v) is 8.07. The average molecular weight is 362 g/mol. The molecule has 3 aliphatic rings. The van der Waals surface area contributed by atoms with Gasteiger partial charge in [-0.3, -0.25) is 9.69 Å². The van der Waals surface area contributed by atoms with Crippen LogP contribution in [0.25, 0.3) is 0 Å². The molecule has 2 saturated heterocycles. The standard InChI is InChI=1S/C19H30N4O3/c1-21(2)9-10-22-11-12-25-17-6-8-23(7-5-16(17)22)19(24)15-13-18(26-20-15)14-3-4-14/h13-14,16-17H,3-12H2,1-2H3. The average Bonchev–Trinajstić information content (AvgIpc) is 3.41. The molecular formula is C19H30N4O3. The number of amides is 1. The van der Waals surface area contributed by atoms with Crippen LogP contribution in [0.15, 0.2) is 10.6 Å². The van der Waals surface area contributed by atoms with Crippen molar-refractivity contribution in [3.63, 3.8) is 0 Å². The monoisotopic (exact) mass is 362 g/mol. The normalized spacial score (nSPS) is 27.4. The summed E-state index contributed by atoms with van der Waals surface area (Å²) in [6, 6.07) is 2.25. The van der Waals surface area contributed by atoms with Crippen LogP contribution in [-0.4, -0.2) is 91.3 Å². The van der Waals surface area contributed by atoms with Crippen molar-refractivity contribution < 1.29 is 14.1 Å². The van der Waals surface area contributed by atoms with Gasteiger partial charge in [0, 0.05) is 50.7 Å². The maximum Gasteiger partial charge on any atom is 0.276 e. The molecule has 2 unspecified atom stereocenters. The molecule has 3 fully saturated rings. The summed E-state index contributed by atoms with van der Waals surface area (Å²) in [4.78, 5) is 19.6. The van der Waals surface area contributed by atoms with E-state index in [0.29, 0.717) is 17.7 Å². The maximum atomic E-state index is 12.9. The number of fused-ring (bicyclic) bond motifs is 1. The van der Waals surface area contributed by atoms with Crippen LogP contribution in [0.5, 0.6) is 0 Å². The smallest absolute Gasteiger partial charge is 0.276 e. The quantitative estimate of drug-likeness (QED) is 0.789. The van der Waals surface area contributed by atoms with Gasteiger partial charge in [0.05, 0.1) is 12.7 Å². The SMILES string of the molecule is CN(C)CCN1CCOC2CCN(C(=O)c3cc(C4CC4)on3)CCC21. The maximum absolute atomic E-state index is 12.9. The third-order valence-corrected chi connectivity index (χ3v) is 5.84. The minimum absolute atomic E-state index is 0.000798. The number of carbonyl (C=O) groups is 1. The molecule has 1 aliphatic carbocycles. The van der Waals surface area contributed by atoms with Crippen molar-refractivity contribution in [1.29, 1.82) is 0 Å². The van der Waals surface area contributed by atoms with Gasteiger partial charge < -0.3 is 19.1 Å². The number of hydrogen-bond donors (Lipinski definition) is 0. The van der Waals surface area contributed by atoms with Crippen molar-refractivity contribution >= 4 is 5.91 Å². The molecular weight excluding hydrogens is 332 g/mol. The highest BCUT2D eigenvalue weighted by molar-refractivity contribution is 5.92. The molecule has 2 aliphatic heterocycles. The van der Waals surface area contributed by atoms with Crippen molar-refractivity contribution in [2.24, 2.45) is 0 Å². The predicted octanol–water partition coefficient (Wildman–Crippen LogP) is 1.42. The topological polar surface area (TPSA) is 62.1 Å². The van der Waals surface area contributed by atoms with Crippen LogP contribution in [-0.2, 0) is 4.74 Å². The zero-order chi connectivity index (χ0) is 18.1. The van der Waals surface area contributed by atoms with Crippen LogP contribution >= 0.6 is 0 Å². The van der Waals surface area contributed by atoms with E-state index < -0.39 is 0 Å². The van der Waals surface area contributed by atoms with Gasteiger partial charge in [-0.2, -0.15) is 0 Å². The summed E-state index contributed by atoms with van der Waals surface area (Å²) in [5.74, 6) is 1.35. The van der Waals surface area contributed by atoms with Crippen LogP contribution in [0.1, 0.15) is 47.8 Å². The molecule has 0 radical (unpaired) electrons. The Bertz CT molecular complexity index is 628. The van der Waals surface area contributed by atoms with Crippen molar-refractivity contribution in [2.75, 3.05) is 53.4 Å². The minimum atomic E-state index is -0.000798. The zero-order valence-corrected chi connectivity index (χ0v) is 15.9. The lowest BCUT2D eigenvalue weighted by atomic mass is 10.0. The van der Waals surface area contributed by atoms with Gasteiger partial charge in [-0.15, -0.1) is 0 Å². The fraction of sp³-hybridized carbons (Fsp3) is 0.789. The number of carbonyl (C=O) groups excluding carboxylic acids is 1. The Kier molecular flexibility index (Phi) is 5.29. The molecule has 144 valence electrons. The molecule has 0 aromatic carbocycles. The van der Waals surface area contributed by atoms with Crippen molar-refractivity contribution in [3.8, 4) is 0 Å². The number of ether oxygens (including phenoxy) is 1. The van der Waals surface area contributed by atoms with E-state index >= 15 is 0 Å². The molecule has 1 amide bonds. The van der Waals surface area contributed by atoms with E-state index in [4.69, 9.17) is 9.26 Å². The molecule has 26 heavy (non-hydrogen) atoms. The molecule has 7 nitrogen and oxygen atoms in total. The van der Waals surface area contributed by atoms with Crippen LogP contribution in [0.2, 0.25) is 0 Å². The van der Waals surface area contributed by atoms with Gasteiger partial charge in [0.2, 0.25) is 0 Å². The first-order valence-corrected chi connectivity index (χ1v) is 9.88. The summed E-state index contributed by atoms with van der Waals surface area (Å²) in [7, 11) is 4.22. The Morgan fingerprint density at radius 3 is 2.81 bits per heavy atom. The Balaban J connectivity index is 1.39. The molecule has 1 saturated carbocycles. The van der Waals surface area contributed by atoms with E-state index in [0.717, 1.165) is 70.8 Å².